The van der Waals surface area contributed by atoms with Crippen molar-refractivity contribution in [2.45, 2.75) is 144 Å². The van der Waals surface area contributed by atoms with Crippen molar-refractivity contribution in [1.82, 2.24) is 0 Å². The van der Waals surface area contributed by atoms with Crippen LogP contribution in [0.4, 0.5) is 0 Å². The number of cyclic esters (lactones) is 1. The molecule has 2 saturated heterocycles. The molecule has 48 heavy (non-hydrogen) atoms. The van der Waals surface area contributed by atoms with E-state index in [0.29, 0.717) is 37.7 Å². The highest BCUT2D eigenvalue weighted by molar-refractivity contribution is 5.85. The van der Waals surface area contributed by atoms with Gasteiger partial charge in [-0.3, -0.25) is 0 Å². The van der Waals surface area contributed by atoms with Crippen LogP contribution in [0.1, 0.15) is 71.6 Å². The molecular weight excluding hydrogens is 632 g/mol. The molecule has 14 heteroatoms. The zero-order valence-electron chi connectivity index (χ0n) is 27.4. The number of hydrogen-bond acceptors (Lipinski definition) is 14. The second kappa shape index (κ2) is 12.3. The van der Waals surface area contributed by atoms with Gasteiger partial charge in [-0.2, -0.15) is 0 Å². The largest absolute Gasteiger partial charge is 0.458 e. The first-order chi connectivity index (χ1) is 22.7. The third-order valence-corrected chi connectivity index (χ3v) is 13.5. The summed E-state index contributed by atoms with van der Waals surface area (Å²) in [6, 6.07) is 0. The Bertz CT molecular complexity index is 1280. The Labute approximate surface area is 279 Å². The van der Waals surface area contributed by atoms with Gasteiger partial charge in [0.25, 0.3) is 0 Å². The maximum Gasteiger partial charge on any atom is 0.331 e. The van der Waals surface area contributed by atoms with Gasteiger partial charge in [-0.1, -0.05) is 6.92 Å². The fraction of sp³-hybridized carbons (Fsp3) is 0.882. The lowest BCUT2D eigenvalue weighted by Crippen LogP contribution is -2.69. The molecule has 0 bridgehead atoms. The van der Waals surface area contributed by atoms with Crippen molar-refractivity contribution >= 4 is 12.3 Å². The van der Waals surface area contributed by atoms with E-state index in [0.717, 1.165) is 6.29 Å². The Morgan fingerprint density at radius 1 is 0.917 bits per heavy atom. The van der Waals surface area contributed by atoms with Crippen LogP contribution in [0.15, 0.2) is 11.6 Å². The molecular formula is C34H50O14. The SMILES string of the molecule is C[C@H]1O[C@@H](O[C@H]2CC[C@]3(C=O)[C@H]4CC[C@]5(C)[C@H](C6=CC(=O)OC6)C(O)C[C@]5(O)[C@@H]4CCC3(O)C2)C[C@H](O)[C@@H]1O[C@@H]1OC[C@@H](O)[C@H](O)[C@H]1O. The van der Waals surface area contributed by atoms with Crippen LogP contribution in [0.2, 0.25) is 0 Å². The quantitative estimate of drug-likeness (QED) is 0.104. The van der Waals surface area contributed by atoms with Crippen LogP contribution >= 0.6 is 0 Å². The summed E-state index contributed by atoms with van der Waals surface area (Å²) in [5, 5.41) is 76.9. The zero-order valence-corrected chi connectivity index (χ0v) is 27.4. The Hall–Kier alpha value is -1.56. The van der Waals surface area contributed by atoms with Gasteiger partial charge in [0.05, 0.1) is 47.6 Å². The maximum absolute atomic E-state index is 13.1. The summed E-state index contributed by atoms with van der Waals surface area (Å²) in [5.41, 5.74) is -3.83. The van der Waals surface area contributed by atoms with Crippen LogP contribution in [0, 0.1) is 28.6 Å². The summed E-state index contributed by atoms with van der Waals surface area (Å²) in [6.07, 6.45) is -5.07. The third kappa shape index (κ3) is 5.16. The van der Waals surface area contributed by atoms with Gasteiger partial charge >= 0.3 is 5.97 Å². The highest BCUT2D eigenvalue weighted by atomic mass is 16.7. The first kappa shape index (κ1) is 34.9. The second-order valence-electron chi connectivity index (χ2n) is 15.8. The van der Waals surface area contributed by atoms with Crippen molar-refractivity contribution in [2.75, 3.05) is 13.2 Å². The van der Waals surface area contributed by atoms with E-state index in [1.165, 1.54) is 6.08 Å². The van der Waals surface area contributed by atoms with Crippen molar-refractivity contribution in [2.24, 2.45) is 28.6 Å². The van der Waals surface area contributed by atoms with Crippen LogP contribution in [-0.2, 0) is 33.3 Å². The normalized spacial score (nSPS) is 55.2. The molecule has 7 N–H and O–H groups in total. The fourth-order valence-corrected chi connectivity index (χ4v) is 11.1. The summed E-state index contributed by atoms with van der Waals surface area (Å²) in [6.45, 7) is 3.51. The zero-order chi connectivity index (χ0) is 34.4. The molecule has 0 spiro atoms. The van der Waals surface area contributed by atoms with Crippen LogP contribution in [0.5, 0.6) is 0 Å². The van der Waals surface area contributed by atoms with Gasteiger partial charge in [-0.25, -0.2) is 4.79 Å². The topological polar surface area (TPSA) is 222 Å². The lowest BCUT2D eigenvalue weighted by Gasteiger charge is -2.65. The summed E-state index contributed by atoms with van der Waals surface area (Å²) in [7, 11) is 0. The molecule has 3 aliphatic heterocycles. The molecule has 4 aliphatic carbocycles. The molecule has 7 rings (SSSR count). The van der Waals surface area contributed by atoms with Gasteiger partial charge in [-0.05, 0) is 62.9 Å². The van der Waals surface area contributed by atoms with Gasteiger partial charge in [0.15, 0.2) is 12.6 Å². The average molecular weight is 683 g/mol. The molecule has 3 heterocycles. The number of aliphatic hydroxyl groups excluding tert-OH is 5. The minimum absolute atomic E-state index is 0.0314. The number of carbonyl (C=O) groups is 2. The highest BCUT2D eigenvalue weighted by Crippen LogP contribution is 2.70. The van der Waals surface area contributed by atoms with E-state index in [4.69, 9.17) is 23.7 Å². The van der Waals surface area contributed by atoms with E-state index in [-0.39, 0.29) is 50.7 Å². The van der Waals surface area contributed by atoms with Gasteiger partial charge < -0.3 is 64.2 Å². The van der Waals surface area contributed by atoms with Gasteiger partial charge in [-0.15, -0.1) is 0 Å². The molecule has 0 amide bonds. The van der Waals surface area contributed by atoms with E-state index in [1.54, 1.807) is 6.92 Å². The van der Waals surface area contributed by atoms with Crippen LogP contribution in [-0.4, -0.2) is 134 Å². The lowest BCUT2D eigenvalue weighted by atomic mass is 9.41. The Morgan fingerprint density at radius 2 is 1.67 bits per heavy atom. The first-order valence-electron chi connectivity index (χ1n) is 17.4. The molecule has 14 nitrogen and oxygen atoms in total. The minimum Gasteiger partial charge on any atom is -0.458 e. The van der Waals surface area contributed by atoms with E-state index < -0.39 is 95.3 Å². The minimum atomic E-state index is -1.51. The number of aldehydes is 1. The molecule has 270 valence electrons. The van der Waals surface area contributed by atoms with Gasteiger partial charge in [0, 0.05) is 36.7 Å². The molecule has 4 saturated carbocycles. The monoisotopic (exact) mass is 682 g/mol. The van der Waals surface area contributed by atoms with E-state index in [1.807, 2.05) is 6.92 Å². The van der Waals surface area contributed by atoms with Gasteiger partial charge in [0.2, 0.25) is 0 Å². The Kier molecular flexibility index (Phi) is 8.93. The number of carbonyl (C=O) groups excluding carboxylic acids is 2. The van der Waals surface area contributed by atoms with E-state index >= 15 is 0 Å². The number of fused-ring (bicyclic) bond motifs is 5. The Balaban J connectivity index is 1.02. The smallest absolute Gasteiger partial charge is 0.331 e. The molecule has 17 atom stereocenters. The predicted molar refractivity (Wildman–Crippen MR) is 161 cm³/mol. The van der Waals surface area contributed by atoms with Crippen LogP contribution in [0.3, 0.4) is 0 Å². The summed E-state index contributed by atoms with van der Waals surface area (Å²) in [5.74, 6) is -1.52. The summed E-state index contributed by atoms with van der Waals surface area (Å²) >= 11 is 0. The molecule has 2 unspecified atom stereocenters. The third-order valence-electron chi connectivity index (χ3n) is 13.5. The summed E-state index contributed by atoms with van der Waals surface area (Å²) < 4.78 is 28.6. The highest BCUT2D eigenvalue weighted by Gasteiger charge is 2.73. The van der Waals surface area contributed by atoms with Crippen molar-refractivity contribution in [3.05, 3.63) is 11.6 Å². The molecule has 0 aromatic carbocycles. The Morgan fingerprint density at radius 3 is 2.35 bits per heavy atom. The molecule has 0 aromatic rings. The van der Waals surface area contributed by atoms with Crippen molar-refractivity contribution < 1.29 is 69.0 Å². The number of aliphatic hydroxyl groups is 7. The first-order valence-corrected chi connectivity index (χ1v) is 17.4. The fourth-order valence-electron chi connectivity index (χ4n) is 11.1. The number of hydrogen-bond donors (Lipinski definition) is 7. The molecule has 0 radical (unpaired) electrons. The maximum atomic E-state index is 13.1. The van der Waals surface area contributed by atoms with E-state index in [9.17, 15) is 45.3 Å². The number of esters is 1. The predicted octanol–water partition coefficient (Wildman–Crippen LogP) is -0.787. The molecule has 6 fully saturated rings. The van der Waals surface area contributed by atoms with Crippen molar-refractivity contribution in [3.63, 3.8) is 0 Å². The van der Waals surface area contributed by atoms with Crippen LogP contribution in [0.25, 0.3) is 0 Å². The lowest BCUT2D eigenvalue weighted by molar-refractivity contribution is -0.331. The average Bonchev–Trinajstić information content (AvgIpc) is 3.54. The molecule has 7 aliphatic rings. The van der Waals surface area contributed by atoms with Crippen molar-refractivity contribution in [1.29, 1.82) is 0 Å². The summed E-state index contributed by atoms with van der Waals surface area (Å²) in [4.78, 5) is 25.0. The van der Waals surface area contributed by atoms with Crippen molar-refractivity contribution in [3.8, 4) is 0 Å². The van der Waals surface area contributed by atoms with Gasteiger partial charge in [0.1, 0.15) is 37.3 Å². The standard InChI is InChI=1S/C34H50O14/c1-16-29(48-30-28(41)27(40)23(38)14-45-30)21(36)10-25(46-16)47-18-3-7-32(15-35)19-4-6-31(2)26(17-9-24(39)44-13-17)22(37)12-34(31,43)20(19)5-8-33(32,42)11-18/h9,15-16,18-23,25-30,36-38,40-43H,3-8,10-14H2,1-2H3/t16-,18+,19+,20-,21+,22?,23-,25+,26-,27+,28-,29-,30+,31-,32+,33?,34+/m1/s1. The number of rotatable bonds is 6. The number of ether oxygens (including phenoxy) is 5. The second-order valence-corrected chi connectivity index (χ2v) is 15.8. The van der Waals surface area contributed by atoms with Crippen LogP contribution < -0.4 is 0 Å². The molecule has 0 aromatic heterocycles. The van der Waals surface area contributed by atoms with E-state index in [2.05, 4.69) is 0 Å².